The average molecular weight is 660 g/mol. The number of hydrogen-bond donors (Lipinski definition) is 2. The van der Waals surface area contributed by atoms with E-state index >= 15 is 0 Å². The highest BCUT2D eigenvalue weighted by Crippen LogP contribution is 2.30. The van der Waals surface area contributed by atoms with E-state index in [4.69, 9.17) is 37.4 Å². The van der Waals surface area contributed by atoms with Gasteiger partial charge in [-0.05, 0) is 67.4 Å². The van der Waals surface area contributed by atoms with Gasteiger partial charge < -0.3 is 19.5 Å². The van der Waals surface area contributed by atoms with Gasteiger partial charge in [-0.3, -0.25) is 9.59 Å². The zero-order chi connectivity index (χ0) is 32.9. The second-order valence-corrected chi connectivity index (χ2v) is 10.9. The molecule has 2 N–H and O–H groups in total. The van der Waals surface area contributed by atoms with Gasteiger partial charge in [-0.2, -0.15) is 10.4 Å². The number of ether oxygens (including phenoxy) is 3. The summed E-state index contributed by atoms with van der Waals surface area (Å²) in [5.74, 6) is 0.234. The lowest BCUT2D eigenvalue weighted by molar-refractivity contribution is -0.132. The average Bonchev–Trinajstić information content (AvgIpc) is 3.06. The maximum absolute atomic E-state index is 13.3. The molecule has 4 aromatic rings. The van der Waals surface area contributed by atoms with Crippen molar-refractivity contribution in [2.45, 2.75) is 39.0 Å². The highest BCUT2D eigenvalue weighted by Gasteiger charge is 2.25. The number of carbonyl (C=O) groups excluding carboxylic acids is 2. The summed E-state index contributed by atoms with van der Waals surface area (Å²) >= 11 is 12.1. The third-order valence-electron chi connectivity index (χ3n) is 6.66. The summed E-state index contributed by atoms with van der Waals surface area (Å²) in [6, 6.07) is 27.6. The quantitative estimate of drug-likeness (QED) is 0.118. The summed E-state index contributed by atoms with van der Waals surface area (Å²) in [7, 11) is 0. The summed E-state index contributed by atoms with van der Waals surface area (Å²) in [5.41, 5.74) is 5.30. The van der Waals surface area contributed by atoms with Crippen LogP contribution in [0.25, 0.3) is 0 Å². The fourth-order valence-electron chi connectivity index (χ4n) is 4.31. The van der Waals surface area contributed by atoms with Crippen molar-refractivity contribution >= 4 is 41.2 Å². The summed E-state index contributed by atoms with van der Waals surface area (Å²) in [4.78, 5) is 26.3. The number of halogens is 2. The van der Waals surface area contributed by atoms with Crippen LogP contribution in [0.15, 0.2) is 96.1 Å². The molecule has 0 saturated heterocycles. The van der Waals surface area contributed by atoms with Gasteiger partial charge in [-0.25, -0.2) is 5.43 Å². The van der Waals surface area contributed by atoms with Crippen LogP contribution < -0.4 is 25.0 Å². The number of nitrogens with zero attached hydrogens (tertiary/aromatic N) is 2. The van der Waals surface area contributed by atoms with Crippen LogP contribution >= 0.6 is 23.2 Å². The number of nitriles is 1. The summed E-state index contributed by atoms with van der Waals surface area (Å²) in [6.45, 7) is 4.00. The van der Waals surface area contributed by atoms with Gasteiger partial charge in [0.15, 0.2) is 17.6 Å². The van der Waals surface area contributed by atoms with E-state index in [9.17, 15) is 14.9 Å². The van der Waals surface area contributed by atoms with Gasteiger partial charge in [0.25, 0.3) is 11.8 Å². The largest absolute Gasteiger partial charge is 0.490 e. The molecule has 9 nitrogen and oxygen atoms in total. The second kappa shape index (κ2) is 16.9. The van der Waals surface area contributed by atoms with Gasteiger partial charge >= 0.3 is 0 Å². The van der Waals surface area contributed by atoms with Crippen molar-refractivity contribution in [1.29, 1.82) is 5.26 Å². The van der Waals surface area contributed by atoms with E-state index in [1.807, 2.05) is 49.4 Å². The predicted molar refractivity (Wildman–Crippen MR) is 177 cm³/mol. The first-order chi connectivity index (χ1) is 22.3. The van der Waals surface area contributed by atoms with E-state index < -0.39 is 24.0 Å². The van der Waals surface area contributed by atoms with Crippen molar-refractivity contribution in [2.24, 2.45) is 5.10 Å². The van der Waals surface area contributed by atoms with E-state index in [1.165, 1.54) is 12.3 Å². The third-order valence-corrected chi connectivity index (χ3v) is 7.19. The van der Waals surface area contributed by atoms with Crippen molar-refractivity contribution in [3.8, 4) is 23.3 Å². The number of carbonyl (C=O) groups is 2. The standard InChI is InChI=1S/C35H32Cl2N4O5/c1-3-44-33-18-25(13-15-32(33)45-22-27-12-8-7-11-26(27)20-38)21-39-41-35(43)30(17-24-9-5-4-6-10-24)40-34(42)23(2)46-31-16-14-28(36)19-29(31)37/h4-16,18-19,21,23,30H,3,17,22H2,1-2H3,(H,40,42)(H,41,43)/b39-21-/t23-,30+/m0/s1. The van der Waals surface area contributed by atoms with Crippen molar-refractivity contribution in [3.05, 3.63) is 123 Å². The summed E-state index contributed by atoms with van der Waals surface area (Å²) < 4.78 is 17.4. The molecule has 0 aliphatic heterocycles. The minimum absolute atomic E-state index is 0.193. The van der Waals surface area contributed by atoms with Gasteiger partial charge in [-0.1, -0.05) is 71.7 Å². The van der Waals surface area contributed by atoms with Crippen LogP contribution in [-0.2, 0) is 22.6 Å². The van der Waals surface area contributed by atoms with Crippen LogP contribution in [0.4, 0.5) is 0 Å². The normalized spacial score (nSPS) is 12.1. The van der Waals surface area contributed by atoms with E-state index in [-0.39, 0.29) is 23.8 Å². The van der Waals surface area contributed by atoms with Crippen LogP contribution in [0.2, 0.25) is 10.0 Å². The van der Waals surface area contributed by atoms with E-state index in [0.29, 0.717) is 34.3 Å². The fraction of sp³-hybridized carbons (Fsp3) is 0.200. The van der Waals surface area contributed by atoms with Crippen molar-refractivity contribution < 1.29 is 23.8 Å². The van der Waals surface area contributed by atoms with Gasteiger partial charge in [0.2, 0.25) is 0 Å². The smallest absolute Gasteiger partial charge is 0.262 e. The molecule has 0 aromatic heterocycles. The molecule has 11 heteroatoms. The second-order valence-electron chi connectivity index (χ2n) is 10.0. The first-order valence-electron chi connectivity index (χ1n) is 14.4. The van der Waals surface area contributed by atoms with Gasteiger partial charge in [0.05, 0.1) is 29.5 Å². The first-order valence-corrected chi connectivity index (χ1v) is 15.2. The monoisotopic (exact) mass is 658 g/mol. The number of hydrogen-bond acceptors (Lipinski definition) is 7. The number of rotatable bonds is 14. The van der Waals surface area contributed by atoms with Crippen LogP contribution in [0.5, 0.6) is 17.2 Å². The number of amides is 2. The zero-order valence-electron chi connectivity index (χ0n) is 25.2. The topological polar surface area (TPSA) is 122 Å². The first kappa shape index (κ1) is 33.8. The maximum Gasteiger partial charge on any atom is 0.262 e. The molecule has 46 heavy (non-hydrogen) atoms. The molecule has 0 saturated carbocycles. The van der Waals surface area contributed by atoms with Crippen molar-refractivity contribution in [1.82, 2.24) is 10.7 Å². The molecule has 0 aliphatic rings. The summed E-state index contributed by atoms with van der Waals surface area (Å²) in [5, 5.41) is 16.9. The Kier molecular flexibility index (Phi) is 12.4. The minimum atomic E-state index is -0.959. The SMILES string of the molecule is CCOc1cc(/C=N\NC(=O)[C@@H](Cc2ccccc2)NC(=O)[C@H](C)Oc2ccc(Cl)cc2Cl)ccc1OCc1ccccc1C#N. The molecule has 0 unspecified atom stereocenters. The molecule has 0 radical (unpaired) electrons. The van der Waals surface area contributed by atoms with Crippen LogP contribution in [0.1, 0.15) is 36.1 Å². The Morgan fingerprint density at radius 1 is 0.913 bits per heavy atom. The summed E-state index contributed by atoms with van der Waals surface area (Å²) in [6.07, 6.45) is 0.724. The van der Waals surface area contributed by atoms with E-state index in [0.717, 1.165) is 11.1 Å². The molecular formula is C35H32Cl2N4O5. The van der Waals surface area contributed by atoms with Gasteiger partial charge in [0, 0.05) is 17.0 Å². The Labute approximate surface area is 277 Å². The zero-order valence-corrected chi connectivity index (χ0v) is 26.7. The number of benzene rings is 4. The van der Waals surface area contributed by atoms with Crippen LogP contribution in [0, 0.1) is 11.3 Å². The van der Waals surface area contributed by atoms with E-state index in [2.05, 4.69) is 21.9 Å². The Bertz CT molecular complexity index is 1730. The molecule has 2 atom stereocenters. The maximum atomic E-state index is 13.3. The highest BCUT2D eigenvalue weighted by molar-refractivity contribution is 6.35. The number of hydrazone groups is 1. The minimum Gasteiger partial charge on any atom is -0.490 e. The number of nitrogens with one attached hydrogen (secondary N) is 2. The van der Waals surface area contributed by atoms with Gasteiger partial charge in [-0.15, -0.1) is 0 Å². The lowest BCUT2D eigenvalue weighted by Gasteiger charge is -2.21. The molecule has 4 aromatic carbocycles. The Morgan fingerprint density at radius 3 is 2.39 bits per heavy atom. The van der Waals surface area contributed by atoms with Gasteiger partial charge in [0.1, 0.15) is 18.4 Å². The van der Waals surface area contributed by atoms with Crippen LogP contribution in [0.3, 0.4) is 0 Å². The van der Waals surface area contributed by atoms with E-state index in [1.54, 1.807) is 49.4 Å². The van der Waals surface area contributed by atoms with Crippen molar-refractivity contribution in [3.63, 3.8) is 0 Å². The molecule has 0 aliphatic carbocycles. The molecule has 236 valence electrons. The van der Waals surface area contributed by atoms with Crippen molar-refractivity contribution in [2.75, 3.05) is 6.61 Å². The molecule has 0 spiro atoms. The molecule has 2 amide bonds. The Morgan fingerprint density at radius 2 is 1.65 bits per heavy atom. The predicted octanol–water partition coefficient (Wildman–Crippen LogP) is 6.49. The van der Waals surface area contributed by atoms with Crippen LogP contribution in [-0.4, -0.2) is 36.8 Å². The molecule has 0 bridgehead atoms. The lowest BCUT2D eigenvalue weighted by atomic mass is 10.1. The Hall–Kier alpha value is -5.04. The molecule has 0 heterocycles. The molecule has 4 rings (SSSR count). The lowest BCUT2D eigenvalue weighted by Crippen LogP contribution is -2.50. The highest BCUT2D eigenvalue weighted by atomic mass is 35.5. The molecular weight excluding hydrogens is 627 g/mol. The fourth-order valence-corrected chi connectivity index (χ4v) is 4.77. The molecule has 0 fully saturated rings. The Balaban J connectivity index is 1.43. The third kappa shape index (κ3) is 9.73.